The van der Waals surface area contributed by atoms with Gasteiger partial charge in [0.2, 0.25) is 0 Å². The molecule has 0 spiro atoms. The van der Waals surface area contributed by atoms with Crippen molar-refractivity contribution in [1.29, 1.82) is 0 Å². The molecule has 2 rings (SSSR count). The summed E-state index contributed by atoms with van der Waals surface area (Å²) in [6.07, 6.45) is 4.26. The zero-order chi connectivity index (χ0) is 14.4. The summed E-state index contributed by atoms with van der Waals surface area (Å²) in [5.41, 5.74) is 1.25. The first-order valence-electron chi connectivity index (χ1n) is 6.42. The Labute approximate surface area is 112 Å². The van der Waals surface area contributed by atoms with Crippen LogP contribution in [0.2, 0.25) is 0 Å². The number of aliphatic carboxylic acids is 1. The Morgan fingerprint density at radius 3 is 2.53 bits per heavy atom. The van der Waals surface area contributed by atoms with Crippen molar-refractivity contribution in [3.63, 3.8) is 0 Å². The number of hydrogen-bond donors (Lipinski definition) is 1. The molecule has 0 aromatic rings. The fourth-order valence-electron chi connectivity index (χ4n) is 3.50. The summed E-state index contributed by atoms with van der Waals surface area (Å²) in [6, 6.07) is 0. The topological polar surface area (TPSA) is 71.4 Å². The van der Waals surface area contributed by atoms with Gasteiger partial charge in [0.1, 0.15) is 6.29 Å². The number of rotatable bonds is 3. The van der Waals surface area contributed by atoms with E-state index in [1.807, 2.05) is 0 Å². The van der Waals surface area contributed by atoms with E-state index >= 15 is 0 Å². The third-order valence-corrected chi connectivity index (χ3v) is 4.26. The van der Waals surface area contributed by atoms with Crippen molar-refractivity contribution in [2.75, 3.05) is 0 Å². The molecule has 1 fully saturated rings. The predicted octanol–water partition coefficient (Wildman–Crippen LogP) is 2.15. The van der Waals surface area contributed by atoms with E-state index in [1.165, 1.54) is 0 Å². The van der Waals surface area contributed by atoms with Crippen LogP contribution in [0.5, 0.6) is 0 Å². The highest BCUT2D eigenvalue weighted by Crippen LogP contribution is 2.51. The summed E-state index contributed by atoms with van der Waals surface area (Å²) in [7, 11) is 0. The average molecular weight is 262 g/mol. The van der Waals surface area contributed by atoms with Crippen LogP contribution in [0.25, 0.3) is 0 Å². The minimum atomic E-state index is -1.50. The van der Waals surface area contributed by atoms with Crippen molar-refractivity contribution in [1.82, 2.24) is 0 Å². The molecule has 4 nitrogen and oxygen atoms in total. The number of carboxylic acids is 1. The van der Waals surface area contributed by atoms with Gasteiger partial charge in [-0.2, -0.15) is 0 Å². The quantitative estimate of drug-likeness (QED) is 0.625. The third-order valence-electron chi connectivity index (χ3n) is 4.26. The number of hydrogen-bond acceptors (Lipinski definition) is 3. The van der Waals surface area contributed by atoms with Crippen molar-refractivity contribution in [2.24, 2.45) is 17.3 Å². The second-order valence-corrected chi connectivity index (χ2v) is 6.27. The Bertz CT molecular complexity index is 522. The largest absolute Gasteiger partial charge is 0.475 e. The van der Waals surface area contributed by atoms with E-state index in [-0.39, 0.29) is 28.4 Å². The Morgan fingerprint density at radius 1 is 1.37 bits per heavy atom. The van der Waals surface area contributed by atoms with E-state index in [4.69, 9.17) is 5.11 Å². The third kappa shape index (κ3) is 2.27. The number of carbonyl (C=O) groups excluding carboxylic acids is 2. The van der Waals surface area contributed by atoms with Gasteiger partial charge in [-0.05, 0) is 37.0 Å². The Kier molecular flexibility index (Phi) is 3.20. The standard InChI is InChI=1S/C15H18O4/c1-8-11-6-15(2,3)5-9(11)4-10(7-16)12(8)13(17)14(18)19/h4,7,9,11H,5-6H2,1-3H3,(H,18,19)/t9-,11-/m0/s1. The fourth-order valence-corrected chi connectivity index (χ4v) is 3.50. The van der Waals surface area contributed by atoms with Crippen LogP contribution in [0, 0.1) is 17.3 Å². The van der Waals surface area contributed by atoms with E-state index in [1.54, 1.807) is 13.0 Å². The summed E-state index contributed by atoms with van der Waals surface area (Å²) >= 11 is 0. The summed E-state index contributed by atoms with van der Waals surface area (Å²) in [6.45, 7) is 6.10. The molecular weight excluding hydrogens is 244 g/mol. The van der Waals surface area contributed by atoms with Crippen molar-refractivity contribution in [3.8, 4) is 0 Å². The van der Waals surface area contributed by atoms with Gasteiger partial charge in [-0.3, -0.25) is 9.59 Å². The van der Waals surface area contributed by atoms with E-state index in [9.17, 15) is 14.4 Å². The number of carbonyl (C=O) groups is 3. The van der Waals surface area contributed by atoms with Gasteiger partial charge in [0.05, 0.1) is 0 Å². The molecule has 0 heterocycles. The number of carboxylic acid groups (broad SMARTS) is 1. The van der Waals surface area contributed by atoms with Gasteiger partial charge in [-0.25, -0.2) is 4.79 Å². The molecule has 0 saturated heterocycles. The number of Topliss-reactive ketones (excluding diaryl/α,β-unsaturated/α-hetero) is 1. The monoisotopic (exact) mass is 262 g/mol. The first kappa shape index (κ1) is 13.7. The second-order valence-electron chi connectivity index (χ2n) is 6.27. The summed E-state index contributed by atoms with van der Waals surface area (Å²) < 4.78 is 0. The van der Waals surface area contributed by atoms with E-state index < -0.39 is 11.8 Å². The van der Waals surface area contributed by atoms with Crippen LogP contribution in [-0.2, 0) is 14.4 Å². The van der Waals surface area contributed by atoms with Crippen LogP contribution >= 0.6 is 0 Å². The highest BCUT2D eigenvalue weighted by molar-refractivity contribution is 6.42. The summed E-state index contributed by atoms with van der Waals surface area (Å²) in [4.78, 5) is 33.8. The Morgan fingerprint density at radius 2 is 2.00 bits per heavy atom. The molecule has 1 N–H and O–H groups in total. The van der Waals surface area contributed by atoms with Crippen molar-refractivity contribution in [2.45, 2.75) is 33.6 Å². The smallest absolute Gasteiger partial charge is 0.377 e. The predicted molar refractivity (Wildman–Crippen MR) is 69.5 cm³/mol. The summed E-state index contributed by atoms with van der Waals surface area (Å²) in [5.74, 6) is -2.06. The molecule has 4 heteroatoms. The Hall–Kier alpha value is -1.71. The molecular formula is C15H18O4. The molecule has 0 unspecified atom stereocenters. The number of ketones is 1. The molecule has 0 bridgehead atoms. The van der Waals surface area contributed by atoms with Gasteiger partial charge < -0.3 is 5.11 Å². The van der Waals surface area contributed by atoms with Crippen LogP contribution in [0.1, 0.15) is 33.6 Å². The summed E-state index contributed by atoms with van der Waals surface area (Å²) in [5, 5.41) is 8.88. The number of fused-ring (bicyclic) bond motifs is 1. The number of allylic oxidation sites excluding steroid dienone is 3. The Balaban J connectivity index is 2.49. The van der Waals surface area contributed by atoms with Gasteiger partial charge >= 0.3 is 5.97 Å². The van der Waals surface area contributed by atoms with Gasteiger partial charge in [0.15, 0.2) is 0 Å². The maximum atomic E-state index is 11.8. The van der Waals surface area contributed by atoms with Gasteiger partial charge in [-0.15, -0.1) is 0 Å². The van der Waals surface area contributed by atoms with Crippen molar-refractivity contribution >= 4 is 18.0 Å². The zero-order valence-corrected chi connectivity index (χ0v) is 11.4. The zero-order valence-electron chi connectivity index (χ0n) is 11.4. The molecule has 0 radical (unpaired) electrons. The molecule has 0 aromatic carbocycles. The maximum absolute atomic E-state index is 11.8. The van der Waals surface area contributed by atoms with Crippen LogP contribution < -0.4 is 0 Å². The van der Waals surface area contributed by atoms with Gasteiger partial charge in [-0.1, -0.05) is 25.5 Å². The lowest BCUT2D eigenvalue weighted by molar-refractivity contribution is -0.147. The van der Waals surface area contributed by atoms with E-state index in [0.29, 0.717) is 6.29 Å². The number of aldehydes is 1. The van der Waals surface area contributed by atoms with E-state index in [0.717, 1.165) is 18.4 Å². The van der Waals surface area contributed by atoms with Crippen LogP contribution in [-0.4, -0.2) is 23.1 Å². The second kappa shape index (κ2) is 4.44. The molecule has 2 aliphatic rings. The minimum absolute atomic E-state index is 0.0986. The van der Waals surface area contributed by atoms with E-state index in [2.05, 4.69) is 13.8 Å². The minimum Gasteiger partial charge on any atom is -0.475 e. The van der Waals surface area contributed by atoms with Gasteiger partial charge in [0, 0.05) is 11.1 Å². The fraction of sp³-hybridized carbons (Fsp3) is 0.533. The lowest BCUT2D eigenvalue weighted by Crippen LogP contribution is -2.25. The van der Waals surface area contributed by atoms with Gasteiger partial charge in [0.25, 0.3) is 5.78 Å². The molecule has 0 aliphatic heterocycles. The van der Waals surface area contributed by atoms with Crippen molar-refractivity contribution in [3.05, 3.63) is 22.8 Å². The molecule has 0 amide bonds. The highest BCUT2D eigenvalue weighted by Gasteiger charge is 2.43. The van der Waals surface area contributed by atoms with Crippen LogP contribution in [0.15, 0.2) is 22.8 Å². The average Bonchev–Trinajstić information content (AvgIpc) is 2.62. The first-order valence-corrected chi connectivity index (χ1v) is 6.42. The van der Waals surface area contributed by atoms with Crippen molar-refractivity contribution < 1.29 is 19.5 Å². The molecule has 2 atom stereocenters. The van der Waals surface area contributed by atoms with Crippen LogP contribution in [0.4, 0.5) is 0 Å². The lowest BCUT2D eigenvalue weighted by Gasteiger charge is -2.25. The first-order chi connectivity index (χ1) is 8.76. The maximum Gasteiger partial charge on any atom is 0.377 e. The molecule has 102 valence electrons. The lowest BCUT2D eigenvalue weighted by atomic mass is 9.77. The molecule has 2 aliphatic carbocycles. The highest BCUT2D eigenvalue weighted by atomic mass is 16.4. The molecule has 19 heavy (non-hydrogen) atoms. The molecule has 0 aromatic heterocycles. The van der Waals surface area contributed by atoms with Crippen LogP contribution in [0.3, 0.4) is 0 Å². The SMILES string of the molecule is CC1=C(C(=O)C(=O)O)C(C=O)=C[C@H]2CC(C)(C)C[C@@H]12. The normalized spacial score (nSPS) is 28.7. The molecule has 1 saturated carbocycles.